The van der Waals surface area contributed by atoms with Crippen molar-refractivity contribution in [3.8, 4) is 11.5 Å². The van der Waals surface area contributed by atoms with Crippen LogP contribution in [0, 0.1) is 6.92 Å². The van der Waals surface area contributed by atoms with Gasteiger partial charge in [-0.3, -0.25) is 4.79 Å². The van der Waals surface area contributed by atoms with Crippen molar-refractivity contribution >= 4 is 22.9 Å². The number of carbonyl (C=O) groups is 1. The number of benzene rings is 2. The fourth-order valence-corrected chi connectivity index (χ4v) is 4.47. The van der Waals surface area contributed by atoms with E-state index < -0.39 is 0 Å². The molecule has 0 radical (unpaired) electrons. The highest BCUT2D eigenvalue weighted by Gasteiger charge is 2.20. The van der Waals surface area contributed by atoms with Crippen molar-refractivity contribution < 1.29 is 14.3 Å². The van der Waals surface area contributed by atoms with E-state index in [0.29, 0.717) is 13.0 Å². The summed E-state index contributed by atoms with van der Waals surface area (Å²) in [6.45, 7) is 5.73. The Kier molecular flexibility index (Phi) is 7.27. The van der Waals surface area contributed by atoms with Crippen molar-refractivity contribution in [2.75, 3.05) is 38.2 Å². The summed E-state index contributed by atoms with van der Waals surface area (Å²) in [4.78, 5) is 21.8. The van der Waals surface area contributed by atoms with E-state index in [1.54, 1.807) is 18.4 Å². The molecule has 0 bridgehead atoms. The molecule has 2 aromatic carbocycles. The van der Waals surface area contributed by atoms with Gasteiger partial charge in [-0.1, -0.05) is 17.7 Å². The van der Waals surface area contributed by atoms with E-state index >= 15 is 0 Å². The van der Waals surface area contributed by atoms with Crippen LogP contribution in [0.5, 0.6) is 11.5 Å². The Hall–Kier alpha value is -3.06. The first-order valence-corrected chi connectivity index (χ1v) is 11.8. The Morgan fingerprint density at radius 2 is 1.75 bits per heavy atom. The Morgan fingerprint density at radius 3 is 2.50 bits per heavy atom. The van der Waals surface area contributed by atoms with Crippen LogP contribution < -0.4 is 14.4 Å². The Balaban J connectivity index is 1.27. The maximum atomic E-state index is 12.9. The molecule has 0 aliphatic carbocycles. The predicted molar refractivity (Wildman–Crippen MR) is 128 cm³/mol. The second kappa shape index (κ2) is 10.5. The third kappa shape index (κ3) is 5.79. The maximum Gasteiger partial charge on any atom is 0.228 e. The number of aromatic nitrogens is 1. The molecule has 0 unspecified atom stereocenters. The number of aryl methyl sites for hydroxylation is 1. The van der Waals surface area contributed by atoms with Crippen LogP contribution in [0.15, 0.2) is 53.9 Å². The Morgan fingerprint density at radius 1 is 1.00 bits per heavy atom. The molecule has 0 saturated carbocycles. The van der Waals surface area contributed by atoms with Crippen LogP contribution in [0.4, 0.5) is 5.69 Å². The summed E-state index contributed by atoms with van der Waals surface area (Å²) in [5.41, 5.74) is 3.18. The summed E-state index contributed by atoms with van der Waals surface area (Å²) in [6.07, 6.45) is 1.29. The number of carbonyl (C=O) groups excluding carboxylic acids is 1. The Bertz CT molecular complexity index is 1020. The lowest BCUT2D eigenvalue weighted by atomic mass is 10.2. The number of thiazole rings is 1. The van der Waals surface area contributed by atoms with Crippen molar-refractivity contribution in [1.29, 1.82) is 0 Å². The number of ether oxygens (including phenoxy) is 2. The first-order valence-electron chi connectivity index (χ1n) is 10.9. The number of nitrogens with zero attached hydrogens (tertiary/aromatic N) is 3. The second-order valence-corrected chi connectivity index (χ2v) is 8.87. The minimum absolute atomic E-state index is 0.137. The Labute approximate surface area is 193 Å². The van der Waals surface area contributed by atoms with Crippen LogP contribution >= 0.6 is 11.3 Å². The van der Waals surface area contributed by atoms with E-state index in [9.17, 15) is 4.79 Å². The number of anilines is 1. The first-order chi connectivity index (χ1) is 15.6. The largest absolute Gasteiger partial charge is 0.497 e. The third-order valence-corrected chi connectivity index (χ3v) is 6.47. The van der Waals surface area contributed by atoms with Gasteiger partial charge in [0.05, 0.1) is 19.2 Å². The molecule has 1 fully saturated rings. The highest BCUT2D eigenvalue weighted by molar-refractivity contribution is 7.09. The predicted octanol–water partition coefficient (Wildman–Crippen LogP) is 4.32. The number of hydrogen-bond donors (Lipinski definition) is 0. The molecule has 2 heterocycles. The van der Waals surface area contributed by atoms with Crippen LogP contribution in [0.3, 0.4) is 0 Å². The van der Waals surface area contributed by atoms with Crippen LogP contribution in [0.25, 0.3) is 0 Å². The van der Waals surface area contributed by atoms with E-state index in [1.165, 1.54) is 5.56 Å². The molecule has 1 aliphatic heterocycles. The molecule has 6 nitrogen and oxygen atoms in total. The van der Waals surface area contributed by atoms with Crippen molar-refractivity contribution in [3.05, 3.63) is 70.2 Å². The van der Waals surface area contributed by atoms with E-state index in [2.05, 4.69) is 28.9 Å². The number of amides is 1. The minimum atomic E-state index is 0.137. The lowest BCUT2D eigenvalue weighted by molar-refractivity contribution is -0.130. The van der Waals surface area contributed by atoms with Crippen molar-refractivity contribution in [2.45, 2.75) is 26.4 Å². The van der Waals surface area contributed by atoms with Crippen LogP contribution in [0.1, 0.15) is 22.7 Å². The van der Waals surface area contributed by atoms with Crippen molar-refractivity contribution in [1.82, 2.24) is 9.88 Å². The fourth-order valence-electron chi connectivity index (χ4n) is 3.76. The molecule has 7 heteroatoms. The summed E-state index contributed by atoms with van der Waals surface area (Å²) >= 11 is 1.54. The van der Waals surface area contributed by atoms with Gasteiger partial charge in [0.15, 0.2) is 0 Å². The summed E-state index contributed by atoms with van der Waals surface area (Å²) in [7, 11) is 1.67. The molecule has 1 amide bonds. The smallest absolute Gasteiger partial charge is 0.228 e. The molecule has 0 atom stereocenters. The summed E-state index contributed by atoms with van der Waals surface area (Å²) in [6, 6.07) is 16.1. The van der Waals surface area contributed by atoms with Gasteiger partial charge in [-0.2, -0.15) is 0 Å². The van der Waals surface area contributed by atoms with Gasteiger partial charge in [-0.15, -0.1) is 11.3 Å². The molecule has 32 heavy (non-hydrogen) atoms. The lowest BCUT2D eigenvalue weighted by Crippen LogP contribution is -2.36. The van der Waals surface area contributed by atoms with Crippen LogP contribution in [0.2, 0.25) is 0 Å². The lowest BCUT2D eigenvalue weighted by Gasteiger charge is -2.23. The molecular formula is C25H29N3O3S. The molecule has 1 saturated heterocycles. The summed E-state index contributed by atoms with van der Waals surface area (Å²) in [5.74, 6) is 1.82. The number of hydrogen-bond acceptors (Lipinski definition) is 6. The van der Waals surface area contributed by atoms with Gasteiger partial charge >= 0.3 is 0 Å². The zero-order valence-electron chi connectivity index (χ0n) is 18.6. The molecule has 1 aromatic heterocycles. The molecular weight excluding hydrogens is 422 g/mol. The highest BCUT2D eigenvalue weighted by Crippen LogP contribution is 2.21. The van der Waals surface area contributed by atoms with E-state index in [4.69, 9.17) is 9.47 Å². The van der Waals surface area contributed by atoms with E-state index in [1.807, 2.05) is 46.7 Å². The quantitative estimate of drug-likeness (QED) is 0.536. The zero-order valence-corrected chi connectivity index (χ0v) is 19.4. The monoisotopic (exact) mass is 451 g/mol. The number of methoxy groups -OCH3 is 1. The summed E-state index contributed by atoms with van der Waals surface area (Å²) in [5, 5.41) is 2.85. The average molecular weight is 452 g/mol. The van der Waals surface area contributed by atoms with E-state index in [0.717, 1.165) is 60.5 Å². The molecule has 4 rings (SSSR count). The first kappa shape index (κ1) is 22.1. The molecule has 1 aliphatic rings. The van der Waals surface area contributed by atoms with Crippen molar-refractivity contribution in [3.63, 3.8) is 0 Å². The normalized spacial score (nSPS) is 14.2. The van der Waals surface area contributed by atoms with Gasteiger partial charge in [0, 0.05) is 37.2 Å². The second-order valence-electron chi connectivity index (χ2n) is 7.93. The van der Waals surface area contributed by atoms with Gasteiger partial charge < -0.3 is 19.3 Å². The third-order valence-electron chi connectivity index (χ3n) is 5.60. The highest BCUT2D eigenvalue weighted by atomic mass is 32.1. The molecule has 168 valence electrons. The topological polar surface area (TPSA) is 54.9 Å². The average Bonchev–Trinajstić information content (AvgIpc) is 3.11. The van der Waals surface area contributed by atoms with Gasteiger partial charge in [0.2, 0.25) is 5.91 Å². The SMILES string of the molecule is COc1ccc(N2CCCN(C(=O)Cc3csc(COc4ccc(C)cc4)n3)CC2)cc1. The fraction of sp³-hybridized carbons (Fsp3) is 0.360. The van der Waals surface area contributed by atoms with Crippen LogP contribution in [-0.2, 0) is 17.8 Å². The van der Waals surface area contributed by atoms with Gasteiger partial charge in [0.25, 0.3) is 0 Å². The zero-order chi connectivity index (χ0) is 22.3. The van der Waals surface area contributed by atoms with Crippen LogP contribution in [-0.4, -0.2) is 49.1 Å². The van der Waals surface area contributed by atoms with Gasteiger partial charge in [-0.25, -0.2) is 4.98 Å². The van der Waals surface area contributed by atoms with Gasteiger partial charge in [-0.05, 0) is 49.7 Å². The van der Waals surface area contributed by atoms with Crippen molar-refractivity contribution in [2.24, 2.45) is 0 Å². The molecule has 3 aromatic rings. The summed E-state index contributed by atoms with van der Waals surface area (Å²) < 4.78 is 11.1. The minimum Gasteiger partial charge on any atom is -0.497 e. The standard InChI is InChI=1S/C25H29N3O3S/c1-19-4-8-23(9-5-19)31-17-24-26-20(18-32-24)16-25(29)28-13-3-12-27(14-15-28)21-6-10-22(30-2)11-7-21/h4-11,18H,3,12-17H2,1-2H3. The number of rotatable bonds is 7. The van der Waals surface area contributed by atoms with E-state index in [-0.39, 0.29) is 5.91 Å². The molecule has 0 spiro atoms. The molecule has 0 N–H and O–H groups in total. The maximum absolute atomic E-state index is 12.9. The van der Waals surface area contributed by atoms with Gasteiger partial charge in [0.1, 0.15) is 23.1 Å².